The highest BCUT2D eigenvalue weighted by molar-refractivity contribution is 5.95. The van der Waals surface area contributed by atoms with E-state index in [2.05, 4.69) is 10.4 Å². The van der Waals surface area contributed by atoms with Crippen molar-refractivity contribution in [1.82, 2.24) is 9.78 Å². The fourth-order valence-corrected chi connectivity index (χ4v) is 2.43. The minimum absolute atomic E-state index is 0.0914. The number of ether oxygens (including phenoxy) is 2. The molecule has 1 amide bonds. The van der Waals surface area contributed by atoms with Crippen LogP contribution in [0.4, 0.5) is 5.69 Å². The van der Waals surface area contributed by atoms with Gasteiger partial charge in [-0.05, 0) is 43.3 Å². The van der Waals surface area contributed by atoms with E-state index in [1.165, 1.54) is 14.0 Å². The summed E-state index contributed by atoms with van der Waals surface area (Å²) in [5.74, 6) is -1.36. The lowest BCUT2D eigenvalue weighted by Gasteiger charge is -2.13. The number of anilines is 1. The predicted octanol–water partition coefficient (Wildman–Crippen LogP) is 2.08. The number of carbonyl (C=O) groups excluding carboxylic acids is 2. The van der Waals surface area contributed by atoms with E-state index in [0.29, 0.717) is 17.0 Å². The topological polar surface area (TPSA) is 113 Å². The summed E-state index contributed by atoms with van der Waals surface area (Å²) >= 11 is 0. The molecule has 0 aliphatic heterocycles. The second kappa shape index (κ2) is 8.87. The maximum absolute atomic E-state index is 12.2. The average Bonchev–Trinajstić information content (AvgIpc) is 3.09. The Kier molecular flexibility index (Phi) is 6.08. The number of benzene rings is 2. The van der Waals surface area contributed by atoms with Gasteiger partial charge in [-0.15, -0.1) is 5.10 Å². The highest BCUT2D eigenvalue weighted by Crippen LogP contribution is 2.16. The molecule has 0 bridgehead atoms. The standard InChI is InChI=1S/C20H19N3O6/c1-13(18(25)21-15-8-10-16(27-2)11-9-15)28-17(24)12-23-20(26)29-19(22-23)14-6-4-3-5-7-14/h3-11,13H,12H2,1-2H3,(H,21,25)/t13-/m1/s1. The second-order valence-corrected chi connectivity index (χ2v) is 6.05. The molecular weight excluding hydrogens is 378 g/mol. The van der Waals surface area contributed by atoms with Gasteiger partial charge in [0.05, 0.1) is 7.11 Å². The maximum Gasteiger partial charge on any atom is 0.437 e. The van der Waals surface area contributed by atoms with Gasteiger partial charge in [0.15, 0.2) is 6.10 Å². The van der Waals surface area contributed by atoms with E-state index in [-0.39, 0.29) is 5.89 Å². The summed E-state index contributed by atoms with van der Waals surface area (Å²) < 4.78 is 16.0. The first-order valence-electron chi connectivity index (χ1n) is 8.74. The molecule has 0 unspecified atom stereocenters. The number of nitrogens with zero attached hydrogens (tertiary/aromatic N) is 2. The van der Waals surface area contributed by atoms with E-state index >= 15 is 0 Å². The molecule has 1 N–H and O–H groups in total. The Morgan fingerprint density at radius 2 is 1.83 bits per heavy atom. The predicted molar refractivity (Wildman–Crippen MR) is 103 cm³/mol. The van der Waals surface area contributed by atoms with Gasteiger partial charge in [-0.25, -0.2) is 4.79 Å². The highest BCUT2D eigenvalue weighted by atomic mass is 16.5. The molecule has 3 rings (SSSR count). The fraction of sp³-hybridized carbons (Fsp3) is 0.200. The number of hydrogen-bond acceptors (Lipinski definition) is 7. The van der Waals surface area contributed by atoms with E-state index in [4.69, 9.17) is 13.9 Å². The lowest BCUT2D eigenvalue weighted by Crippen LogP contribution is -2.32. The van der Waals surface area contributed by atoms with Crippen LogP contribution in [0.25, 0.3) is 11.5 Å². The van der Waals surface area contributed by atoms with Gasteiger partial charge in [0, 0.05) is 11.3 Å². The average molecular weight is 397 g/mol. The molecule has 1 atom stereocenters. The number of carbonyl (C=O) groups is 2. The van der Waals surface area contributed by atoms with Gasteiger partial charge >= 0.3 is 11.7 Å². The van der Waals surface area contributed by atoms with E-state index in [0.717, 1.165) is 4.68 Å². The number of esters is 1. The molecule has 150 valence electrons. The Morgan fingerprint density at radius 3 is 2.48 bits per heavy atom. The summed E-state index contributed by atoms with van der Waals surface area (Å²) in [7, 11) is 1.54. The molecule has 1 aromatic heterocycles. The van der Waals surface area contributed by atoms with Crippen LogP contribution in [-0.2, 0) is 20.9 Å². The molecule has 0 aliphatic rings. The van der Waals surface area contributed by atoms with Gasteiger partial charge in [-0.2, -0.15) is 4.68 Å². The minimum Gasteiger partial charge on any atom is -0.497 e. The van der Waals surface area contributed by atoms with Crippen LogP contribution in [0.1, 0.15) is 6.92 Å². The normalized spacial score (nSPS) is 11.5. The van der Waals surface area contributed by atoms with Gasteiger partial charge < -0.3 is 19.2 Å². The summed E-state index contributed by atoms with van der Waals surface area (Å²) in [6.45, 7) is 0.951. The monoisotopic (exact) mass is 397 g/mol. The van der Waals surface area contributed by atoms with E-state index in [1.54, 1.807) is 48.5 Å². The molecule has 0 saturated heterocycles. The number of nitrogens with one attached hydrogen (secondary N) is 1. The first-order valence-corrected chi connectivity index (χ1v) is 8.74. The van der Waals surface area contributed by atoms with Gasteiger partial charge in [0.25, 0.3) is 5.91 Å². The summed E-state index contributed by atoms with van der Waals surface area (Å²) in [6, 6.07) is 15.5. The van der Waals surface area contributed by atoms with Crippen molar-refractivity contribution in [2.45, 2.75) is 19.6 Å². The van der Waals surface area contributed by atoms with Crippen molar-refractivity contribution in [2.24, 2.45) is 0 Å². The van der Waals surface area contributed by atoms with Crippen LogP contribution in [0.2, 0.25) is 0 Å². The summed E-state index contributed by atoms with van der Waals surface area (Å²) in [5, 5.41) is 6.61. The van der Waals surface area contributed by atoms with Crippen LogP contribution in [-0.4, -0.2) is 34.9 Å². The van der Waals surface area contributed by atoms with Crippen molar-refractivity contribution in [3.63, 3.8) is 0 Å². The van der Waals surface area contributed by atoms with Crippen LogP contribution in [0.5, 0.6) is 5.75 Å². The highest BCUT2D eigenvalue weighted by Gasteiger charge is 2.20. The maximum atomic E-state index is 12.2. The quantitative estimate of drug-likeness (QED) is 0.607. The number of rotatable bonds is 7. The van der Waals surface area contributed by atoms with Crippen LogP contribution < -0.4 is 15.8 Å². The molecule has 1 heterocycles. The van der Waals surface area contributed by atoms with Gasteiger partial charge in [-0.1, -0.05) is 18.2 Å². The van der Waals surface area contributed by atoms with Crippen molar-refractivity contribution in [1.29, 1.82) is 0 Å². The molecule has 29 heavy (non-hydrogen) atoms. The molecule has 0 aliphatic carbocycles. The third kappa shape index (κ3) is 5.10. The summed E-state index contributed by atoms with van der Waals surface area (Å²) in [5.41, 5.74) is 1.13. The minimum atomic E-state index is -1.07. The van der Waals surface area contributed by atoms with E-state index in [1.807, 2.05) is 6.07 Å². The zero-order chi connectivity index (χ0) is 20.8. The molecule has 0 spiro atoms. The van der Waals surface area contributed by atoms with Gasteiger partial charge in [0.2, 0.25) is 5.89 Å². The number of hydrogen-bond donors (Lipinski definition) is 1. The molecule has 0 radical (unpaired) electrons. The molecular formula is C20H19N3O6. The van der Waals surface area contributed by atoms with E-state index < -0.39 is 30.3 Å². The lowest BCUT2D eigenvalue weighted by molar-refractivity contribution is -0.154. The molecule has 0 saturated carbocycles. The Morgan fingerprint density at radius 1 is 1.14 bits per heavy atom. The first kappa shape index (κ1) is 19.9. The van der Waals surface area contributed by atoms with Crippen molar-refractivity contribution >= 4 is 17.6 Å². The van der Waals surface area contributed by atoms with Crippen molar-refractivity contribution < 1.29 is 23.5 Å². The Balaban J connectivity index is 1.57. The molecule has 9 nitrogen and oxygen atoms in total. The molecule has 2 aromatic carbocycles. The second-order valence-electron chi connectivity index (χ2n) is 6.05. The zero-order valence-electron chi connectivity index (χ0n) is 15.8. The molecule has 3 aromatic rings. The summed E-state index contributed by atoms with van der Waals surface area (Å²) in [4.78, 5) is 36.2. The smallest absolute Gasteiger partial charge is 0.437 e. The van der Waals surface area contributed by atoms with Crippen molar-refractivity contribution in [3.8, 4) is 17.2 Å². The van der Waals surface area contributed by atoms with Crippen LogP contribution in [0, 0.1) is 0 Å². The lowest BCUT2D eigenvalue weighted by atomic mass is 10.2. The third-order valence-electron chi connectivity index (χ3n) is 3.94. The van der Waals surface area contributed by atoms with Crippen molar-refractivity contribution in [3.05, 3.63) is 65.1 Å². The Hall–Kier alpha value is -3.88. The number of amides is 1. The Bertz CT molecular complexity index is 1040. The summed E-state index contributed by atoms with van der Waals surface area (Å²) in [6.07, 6.45) is -1.07. The van der Waals surface area contributed by atoms with Crippen LogP contribution in [0.15, 0.2) is 63.8 Å². The molecule has 0 fully saturated rings. The van der Waals surface area contributed by atoms with Gasteiger partial charge in [-0.3, -0.25) is 9.59 Å². The SMILES string of the molecule is COc1ccc(NC(=O)[C@@H](C)OC(=O)Cn2nc(-c3ccccc3)oc2=O)cc1. The zero-order valence-corrected chi connectivity index (χ0v) is 15.8. The number of methoxy groups -OCH3 is 1. The third-order valence-corrected chi connectivity index (χ3v) is 3.94. The fourth-order valence-electron chi connectivity index (χ4n) is 2.43. The largest absolute Gasteiger partial charge is 0.497 e. The number of aromatic nitrogens is 2. The van der Waals surface area contributed by atoms with Crippen LogP contribution >= 0.6 is 0 Å². The van der Waals surface area contributed by atoms with Gasteiger partial charge in [0.1, 0.15) is 12.3 Å². The van der Waals surface area contributed by atoms with Crippen molar-refractivity contribution in [2.75, 3.05) is 12.4 Å². The Labute approximate surface area is 165 Å². The van der Waals surface area contributed by atoms with E-state index in [9.17, 15) is 14.4 Å². The molecule has 9 heteroatoms. The first-order chi connectivity index (χ1) is 14.0. The van der Waals surface area contributed by atoms with Crippen LogP contribution in [0.3, 0.4) is 0 Å².